The Balaban J connectivity index is 1.72. The molecule has 0 aliphatic heterocycles. The quantitative estimate of drug-likeness (QED) is 0.684. The van der Waals surface area contributed by atoms with Crippen LogP contribution in [0.25, 0.3) is 11.0 Å². The van der Waals surface area contributed by atoms with E-state index >= 15 is 0 Å². The van der Waals surface area contributed by atoms with Crippen LogP contribution in [0.5, 0.6) is 0 Å². The molecule has 6 nitrogen and oxygen atoms in total. The SMILES string of the molecule is O=C(Cn1c(=O)c(=O)[nH]c2ccccc21)NCCc1ccccc1F. The van der Waals surface area contributed by atoms with E-state index in [4.69, 9.17) is 0 Å². The van der Waals surface area contributed by atoms with Gasteiger partial charge in [-0.15, -0.1) is 0 Å². The lowest BCUT2D eigenvalue weighted by molar-refractivity contribution is -0.121. The fraction of sp³-hybridized carbons (Fsp3) is 0.167. The van der Waals surface area contributed by atoms with E-state index in [1.54, 1.807) is 42.5 Å². The summed E-state index contributed by atoms with van der Waals surface area (Å²) in [6.45, 7) is -0.0455. The fourth-order valence-corrected chi connectivity index (χ4v) is 2.62. The molecule has 0 radical (unpaired) electrons. The van der Waals surface area contributed by atoms with Gasteiger partial charge in [-0.3, -0.25) is 19.0 Å². The standard InChI is InChI=1S/C18H16FN3O3/c19-13-6-2-1-5-12(13)9-10-20-16(23)11-22-15-8-4-3-7-14(15)21-17(24)18(22)25/h1-8H,9-11H2,(H,20,23)(H,21,24). The number of aromatic amines is 1. The topological polar surface area (TPSA) is 84.0 Å². The van der Waals surface area contributed by atoms with Crippen molar-refractivity contribution in [1.82, 2.24) is 14.9 Å². The second-order valence-corrected chi connectivity index (χ2v) is 5.55. The molecular formula is C18H16FN3O3. The molecule has 0 bridgehead atoms. The van der Waals surface area contributed by atoms with Gasteiger partial charge in [0.05, 0.1) is 11.0 Å². The molecule has 0 aliphatic carbocycles. The molecule has 1 heterocycles. The van der Waals surface area contributed by atoms with Crippen LogP contribution in [0, 0.1) is 5.82 Å². The van der Waals surface area contributed by atoms with Crippen LogP contribution in [0.4, 0.5) is 4.39 Å². The van der Waals surface area contributed by atoms with E-state index in [1.807, 2.05) is 0 Å². The number of amides is 1. The Morgan fingerprint density at radius 2 is 1.80 bits per heavy atom. The van der Waals surface area contributed by atoms with Crippen molar-refractivity contribution in [2.45, 2.75) is 13.0 Å². The first-order chi connectivity index (χ1) is 12.1. The van der Waals surface area contributed by atoms with Crippen molar-refractivity contribution in [1.29, 1.82) is 0 Å². The van der Waals surface area contributed by atoms with Crippen molar-refractivity contribution in [3.63, 3.8) is 0 Å². The van der Waals surface area contributed by atoms with E-state index in [9.17, 15) is 18.8 Å². The molecule has 7 heteroatoms. The maximum atomic E-state index is 13.5. The molecule has 128 valence electrons. The molecule has 0 atom stereocenters. The highest BCUT2D eigenvalue weighted by Gasteiger charge is 2.11. The number of H-pyrrole nitrogens is 1. The van der Waals surface area contributed by atoms with Crippen LogP contribution in [-0.4, -0.2) is 22.0 Å². The number of carbonyl (C=O) groups excluding carboxylic acids is 1. The molecule has 0 spiro atoms. The number of fused-ring (bicyclic) bond motifs is 1. The third-order valence-electron chi connectivity index (χ3n) is 3.86. The van der Waals surface area contributed by atoms with Gasteiger partial charge in [-0.1, -0.05) is 30.3 Å². The highest BCUT2D eigenvalue weighted by molar-refractivity contribution is 5.79. The molecule has 0 saturated carbocycles. The summed E-state index contributed by atoms with van der Waals surface area (Å²) in [5.41, 5.74) is -0.120. The van der Waals surface area contributed by atoms with Crippen molar-refractivity contribution in [3.8, 4) is 0 Å². The maximum absolute atomic E-state index is 13.5. The van der Waals surface area contributed by atoms with Crippen molar-refractivity contribution < 1.29 is 9.18 Å². The first kappa shape index (κ1) is 16.6. The predicted octanol–water partition coefficient (Wildman–Crippen LogP) is 1.19. The normalized spacial score (nSPS) is 10.8. The van der Waals surface area contributed by atoms with Crippen LogP contribution in [0.3, 0.4) is 0 Å². The average molecular weight is 341 g/mol. The molecule has 0 aliphatic rings. The summed E-state index contributed by atoms with van der Waals surface area (Å²) in [5.74, 6) is -0.747. The minimum atomic E-state index is -0.789. The monoisotopic (exact) mass is 341 g/mol. The number of halogens is 1. The fourth-order valence-electron chi connectivity index (χ4n) is 2.62. The van der Waals surface area contributed by atoms with E-state index in [2.05, 4.69) is 10.3 Å². The smallest absolute Gasteiger partial charge is 0.317 e. The number of nitrogens with one attached hydrogen (secondary N) is 2. The molecule has 0 saturated heterocycles. The van der Waals surface area contributed by atoms with Crippen LogP contribution in [-0.2, 0) is 17.8 Å². The summed E-state index contributed by atoms with van der Waals surface area (Å²) in [6.07, 6.45) is 0.337. The molecule has 1 aromatic heterocycles. The third-order valence-corrected chi connectivity index (χ3v) is 3.86. The number of benzene rings is 2. The minimum Gasteiger partial charge on any atom is -0.354 e. The average Bonchev–Trinajstić information content (AvgIpc) is 2.60. The van der Waals surface area contributed by atoms with E-state index < -0.39 is 17.0 Å². The highest BCUT2D eigenvalue weighted by atomic mass is 19.1. The number of hydrogen-bond acceptors (Lipinski definition) is 3. The molecule has 3 rings (SSSR count). The Hall–Kier alpha value is -3.22. The largest absolute Gasteiger partial charge is 0.354 e. The summed E-state index contributed by atoms with van der Waals surface area (Å²) in [5, 5.41) is 2.64. The third kappa shape index (κ3) is 3.65. The van der Waals surface area contributed by atoms with Gasteiger partial charge in [-0.2, -0.15) is 0 Å². The first-order valence-corrected chi connectivity index (χ1v) is 7.78. The van der Waals surface area contributed by atoms with E-state index in [-0.39, 0.29) is 18.9 Å². The number of para-hydroxylation sites is 2. The highest BCUT2D eigenvalue weighted by Crippen LogP contribution is 2.07. The van der Waals surface area contributed by atoms with Gasteiger partial charge in [0, 0.05) is 6.54 Å². The van der Waals surface area contributed by atoms with Gasteiger partial charge in [0.25, 0.3) is 0 Å². The van der Waals surface area contributed by atoms with Gasteiger partial charge in [0.1, 0.15) is 12.4 Å². The number of nitrogens with zero attached hydrogens (tertiary/aromatic N) is 1. The van der Waals surface area contributed by atoms with E-state index in [0.717, 1.165) is 4.57 Å². The number of aromatic nitrogens is 2. The summed E-state index contributed by atoms with van der Waals surface area (Å²) >= 11 is 0. The second-order valence-electron chi connectivity index (χ2n) is 5.55. The lowest BCUT2D eigenvalue weighted by Gasteiger charge is -2.10. The summed E-state index contributed by atoms with van der Waals surface area (Å²) in [7, 11) is 0. The first-order valence-electron chi connectivity index (χ1n) is 7.78. The van der Waals surface area contributed by atoms with E-state index in [0.29, 0.717) is 23.0 Å². The van der Waals surface area contributed by atoms with Crippen molar-refractivity contribution in [2.24, 2.45) is 0 Å². The van der Waals surface area contributed by atoms with Crippen LogP contribution in [0.15, 0.2) is 58.1 Å². The zero-order chi connectivity index (χ0) is 17.8. The Labute approximate surface area is 141 Å². The Bertz CT molecular complexity index is 1040. The summed E-state index contributed by atoms with van der Waals surface area (Å²) in [6, 6.07) is 13.1. The van der Waals surface area contributed by atoms with Crippen LogP contribution in [0.1, 0.15) is 5.56 Å². The van der Waals surface area contributed by atoms with Gasteiger partial charge in [-0.05, 0) is 30.2 Å². The molecule has 3 aromatic rings. The Kier molecular flexibility index (Phi) is 4.74. The van der Waals surface area contributed by atoms with Gasteiger partial charge in [0.2, 0.25) is 5.91 Å². The van der Waals surface area contributed by atoms with Gasteiger partial charge in [-0.25, -0.2) is 4.39 Å². The number of rotatable bonds is 5. The number of hydrogen-bond donors (Lipinski definition) is 2. The van der Waals surface area contributed by atoms with Gasteiger partial charge < -0.3 is 10.3 Å². The molecule has 1 amide bonds. The second kappa shape index (κ2) is 7.12. The Morgan fingerprint density at radius 1 is 1.08 bits per heavy atom. The van der Waals surface area contributed by atoms with Crippen molar-refractivity contribution in [3.05, 3.63) is 80.6 Å². The van der Waals surface area contributed by atoms with E-state index in [1.165, 1.54) is 6.07 Å². The van der Waals surface area contributed by atoms with Crippen LogP contribution < -0.4 is 16.4 Å². The predicted molar refractivity (Wildman–Crippen MR) is 91.9 cm³/mol. The van der Waals surface area contributed by atoms with Crippen LogP contribution in [0.2, 0.25) is 0 Å². The lowest BCUT2D eigenvalue weighted by atomic mass is 10.1. The molecule has 25 heavy (non-hydrogen) atoms. The maximum Gasteiger partial charge on any atom is 0.317 e. The van der Waals surface area contributed by atoms with Crippen molar-refractivity contribution in [2.75, 3.05) is 6.54 Å². The van der Waals surface area contributed by atoms with Gasteiger partial charge >= 0.3 is 11.1 Å². The Morgan fingerprint density at radius 3 is 2.60 bits per heavy atom. The number of carbonyl (C=O) groups is 1. The van der Waals surface area contributed by atoms with Crippen LogP contribution >= 0.6 is 0 Å². The zero-order valence-electron chi connectivity index (χ0n) is 13.3. The molecule has 0 unspecified atom stereocenters. The van der Waals surface area contributed by atoms with Gasteiger partial charge in [0.15, 0.2) is 0 Å². The zero-order valence-corrected chi connectivity index (χ0v) is 13.3. The molecule has 2 aromatic carbocycles. The summed E-state index contributed by atoms with van der Waals surface area (Å²) in [4.78, 5) is 38.4. The van der Waals surface area contributed by atoms with Crippen molar-refractivity contribution >= 4 is 16.9 Å². The molecule has 0 fully saturated rings. The molecular weight excluding hydrogens is 325 g/mol. The lowest BCUT2D eigenvalue weighted by Crippen LogP contribution is -2.40. The molecule has 2 N–H and O–H groups in total. The summed E-state index contributed by atoms with van der Waals surface area (Å²) < 4.78 is 14.7. The minimum absolute atomic E-state index is 0.232.